The van der Waals surface area contributed by atoms with E-state index >= 15 is 0 Å². The maximum Gasteiger partial charge on any atom is 0.261 e. The molecule has 0 aliphatic heterocycles. The van der Waals surface area contributed by atoms with Crippen LogP contribution in [0.1, 0.15) is 23.1 Å². The third-order valence-corrected chi connectivity index (χ3v) is 5.80. The second-order valence-corrected chi connectivity index (χ2v) is 8.79. The Bertz CT molecular complexity index is 1190. The van der Waals surface area contributed by atoms with Crippen molar-refractivity contribution in [3.05, 3.63) is 98.5 Å². The smallest absolute Gasteiger partial charge is 0.261 e. The summed E-state index contributed by atoms with van der Waals surface area (Å²) in [4.78, 5) is 12.5. The normalized spacial score (nSPS) is 10.9. The minimum Gasteiger partial charge on any atom is -0.493 e. The molecule has 1 N–H and O–H groups in total. The van der Waals surface area contributed by atoms with Crippen molar-refractivity contribution in [3.8, 4) is 17.6 Å². The van der Waals surface area contributed by atoms with Crippen molar-refractivity contribution in [3.63, 3.8) is 0 Å². The maximum atomic E-state index is 12.5. The summed E-state index contributed by atoms with van der Waals surface area (Å²) < 4.78 is 12.3. The van der Waals surface area contributed by atoms with Crippen LogP contribution in [0.5, 0.6) is 11.5 Å². The van der Waals surface area contributed by atoms with Crippen LogP contribution in [0.3, 0.4) is 0 Å². The Kier molecular flexibility index (Phi) is 9.57. The molecule has 1 amide bonds. The van der Waals surface area contributed by atoms with Gasteiger partial charge in [0.05, 0.1) is 12.1 Å². The Morgan fingerprint density at radius 3 is 2.53 bits per heavy atom. The summed E-state index contributed by atoms with van der Waals surface area (Å²) in [6.45, 7) is 0.785. The van der Waals surface area contributed by atoms with E-state index in [-0.39, 0.29) is 5.57 Å². The van der Waals surface area contributed by atoms with Gasteiger partial charge in [0.1, 0.15) is 18.2 Å². The molecule has 0 aromatic heterocycles. The van der Waals surface area contributed by atoms with Crippen LogP contribution < -0.4 is 14.8 Å². The second-order valence-electron chi connectivity index (χ2n) is 7.46. The standard InChI is InChI=1S/C27H24BrClN2O3/c1-33-25-16-21(15-24(29)26(25)34-18-20-9-11-23(28)12-10-20)14-22(17-30)27(32)31-13-5-8-19-6-3-2-4-7-19/h2-4,6-7,9-12,14-16H,5,8,13,18H2,1H3,(H,31,32)/b22-14-. The molecule has 0 spiro atoms. The molecule has 7 heteroatoms. The number of nitrogens with zero attached hydrogens (tertiary/aromatic N) is 1. The largest absolute Gasteiger partial charge is 0.493 e. The van der Waals surface area contributed by atoms with E-state index in [9.17, 15) is 10.1 Å². The number of hydrogen-bond donors (Lipinski definition) is 1. The number of carbonyl (C=O) groups excluding carboxylic acids is 1. The first-order valence-electron chi connectivity index (χ1n) is 10.7. The fourth-order valence-electron chi connectivity index (χ4n) is 3.25. The number of methoxy groups -OCH3 is 1. The van der Waals surface area contributed by atoms with Crippen molar-refractivity contribution in [1.82, 2.24) is 5.32 Å². The molecule has 0 heterocycles. The number of hydrogen-bond acceptors (Lipinski definition) is 4. The van der Waals surface area contributed by atoms with Crippen LogP contribution in [-0.2, 0) is 17.8 Å². The average molecular weight is 540 g/mol. The number of ether oxygens (including phenoxy) is 2. The summed E-state index contributed by atoms with van der Waals surface area (Å²) in [7, 11) is 1.51. The van der Waals surface area contributed by atoms with Crippen LogP contribution in [-0.4, -0.2) is 19.6 Å². The molecule has 0 fully saturated rings. The molecule has 3 aromatic carbocycles. The molecule has 0 bridgehead atoms. The van der Waals surface area contributed by atoms with Crippen molar-refractivity contribution in [2.45, 2.75) is 19.4 Å². The number of benzene rings is 3. The third kappa shape index (κ3) is 7.38. The molecule has 3 rings (SSSR count). The molecule has 0 saturated heterocycles. The van der Waals surface area contributed by atoms with Gasteiger partial charge in [-0.1, -0.05) is 70.0 Å². The van der Waals surface area contributed by atoms with Crippen LogP contribution in [0.15, 0.2) is 76.8 Å². The molecule has 174 valence electrons. The van der Waals surface area contributed by atoms with Crippen LogP contribution in [0.25, 0.3) is 6.08 Å². The molecule has 0 radical (unpaired) electrons. The monoisotopic (exact) mass is 538 g/mol. The number of rotatable bonds is 10. The van der Waals surface area contributed by atoms with E-state index in [1.807, 2.05) is 60.7 Å². The van der Waals surface area contributed by atoms with E-state index in [4.69, 9.17) is 21.1 Å². The van der Waals surface area contributed by atoms with E-state index in [1.165, 1.54) is 18.7 Å². The van der Waals surface area contributed by atoms with Crippen molar-refractivity contribution in [2.75, 3.05) is 13.7 Å². The number of amides is 1. The van der Waals surface area contributed by atoms with Crippen LogP contribution in [0.2, 0.25) is 5.02 Å². The predicted molar refractivity (Wildman–Crippen MR) is 138 cm³/mol. The van der Waals surface area contributed by atoms with Crippen molar-refractivity contribution >= 4 is 39.5 Å². The molecule has 0 aliphatic carbocycles. The fraction of sp³-hybridized carbons (Fsp3) is 0.185. The second kappa shape index (κ2) is 12.8. The highest BCUT2D eigenvalue weighted by molar-refractivity contribution is 9.10. The van der Waals surface area contributed by atoms with E-state index < -0.39 is 5.91 Å². The molecule has 0 unspecified atom stereocenters. The van der Waals surface area contributed by atoms with Crippen molar-refractivity contribution in [2.24, 2.45) is 0 Å². The van der Waals surface area contributed by atoms with Gasteiger partial charge in [0.2, 0.25) is 0 Å². The lowest BCUT2D eigenvalue weighted by Crippen LogP contribution is -2.25. The average Bonchev–Trinajstić information content (AvgIpc) is 2.85. The van der Waals surface area contributed by atoms with Gasteiger partial charge >= 0.3 is 0 Å². The van der Waals surface area contributed by atoms with E-state index in [1.54, 1.807) is 12.1 Å². The zero-order chi connectivity index (χ0) is 24.3. The van der Waals surface area contributed by atoms with Gasteiger partial charge in [-0.25, -0.2) is 0 Å². The predicted octanol–water partition coefficient (Wildman–Crippen LogP) is 6.35. The molecule has 0 atom stereocenters. The van der Waals surface area contributed by atoms with Crippen molar-refractivity contribution < 1.29 is 14.3 Å². The summed E-state index contributed by atoms with van der Waals surface area (Å²) in [5.41, 5.74) is 2.73. The summed E-state index contributed by atoms with van der Waals surface area (Å²) in [5.74, 6) is 0.380. The molecule has 0 aliphatic rings. The highest BCUT2D eigenvalue weighted by Gasteiger charge is 2.14. The number of nitrogens with one attached hydrogen (secondary N) is 1. The topological polar surface area (TPSA) is 71.3 Å². The van der Waals surface area contributed by atoms with Gasteiger partial charge in [-0.3, -0.25) is 4.79 Å². The van der Waals surface area contributed by atoms with Gasteiger partial charge < -0.3 is 14.8 Å². The van der Waals surface area contributed by atoms with Gasteiger partial charge in [0.25, 0.3) is 5.91 Å². The molecular formula is C27H24BrClN2O3. The SMILES string of the molecule is COc1cc(/C=C(/C#N)C(=O)NCCCc2ccccc2)cc(Cl)c1OCc1ccc(Br)cc1. The molecule has 34 heavy (non-hydrogen) atoms. The molecule has 3 aromatic rings. The lowest BCUT2D eigenvalue weighted by molar-refractivity contribution is -0.117. The highest BCUT2D eigenvalue weighted by atomic mass is 79.9. The first kappa shape index (κ1) is 25.4. The maximum absolute atomic E-state index is 12.5. The van der Waals surface area contributed by atoms with E-state index in [2.05, 4.69) is 21.2 Å². The molecule has 0 saturated carbocycles. The molecular weight excluding hydrogens is 516 g/mol. The van der Waals surface area contributed by atoms with E-state index in [0.29, 0.717) is 35.2 Å². The highest BCUT2D eigenvalue weighted by Crippen LogP contribution is 2.37. The first-order chi connectivity index (χ1) is 16.5. The number of carbonyl (C=O) groups is 1. The third-order valence-electron chi connectivity index (χ3n) is 4.99. The Labute approximate surface area is 213 Å². The number of nitriles is 1. The number of aryl methyl sites for hydroxylation is 1. The minimum absolute atomic E-state index is 0.0126. The zero-order valence-electron chi connectivity index (χ0n) is 18.7. The van der Waals surface area contributed by atoms with Gasteiger partial charge in [-0.05, 0) is 59.9 Å². The van der Waals surface area contributed by atoms with Crippen molar-refractivity contribution in [1.29, 1.82) is 5.26 Å². The van der Waals surface area contributed by atoms with Gasteiger partial charge in [-0.2, -0.15) is 5.26 Å². The first-order valence-corrected chi connectivity index (χ1v) is 11.9. The lowest BCUT2D eigenvalue weighted by atomic mass is 10.1. The number of halogens is 2. The fourth-order valence-corrected chi connectivity index (χ4v) is 3.79. The zero-order valence-corrected chi connectivity index (χ0v) is 21.0. The Hall–Kier alpha value is -3.27. The summed E-state index contributed by atoms with van der Waals surface area (Å²) in [5, 5.41) is 12.6. The van der Waals surface area contributed by atoms with Gasteiger partial charge in [0, 0.05) is 11.0 Å². The quantitative estimate of drug-likeness (QED) is 0.185. The summed E-state index contributed by atoms with van der Waals surface area (Å²) in [6.07, 6.45) is 3.11. The van der Waals surface area contributed by atoms with Crippen LogP contribution >= 0.6 is 27.5 Å². The van der Waals surface area contributed by atoms with Gasteiger partial charge in [-0.15, -0.1) is 0 Å². The Morgan fingerprint density at radius 2 is 1.85 bits per heavy atom. The van der Waals surface area contributed by atoms with Gasteiger partial charge in [0.15, 0.2) is 11.5 Å². The summed E-state index contributed by atoms with van der Waals surface area (Å²) >= 11 is 9.85. The van der Waals surface area contributed by atoms with Crippen LogP contribution in [0, 0.1) is 11.3 Å². The minimum atomic E-state index is -0.429. The molecule has 5 nitrogen and oxygen atoms in total. The van der Waals surface area contributed by atoms with E-state index in [0.717, 1.165) is 22.9 Å². The lowest BCUT2D eigenvalue weighted by Gasteiger charge is -2.14. The van der Waals surface area contributed by atoms with Crippen LogP contribution in [0.4, 0.5) is 0 Å². The Balaban J connectivity index is 1.65. The Morgan fingerprint density at radius 1 is 1.12 bits per heavy atom. The summed E-state index contributed by atoms with van der Waals surface area (Å²) in [6, 6.07) is 23.1.